The van der Waals surface area contributed by atoms with Crippen LogP contribution in [0.2, 0.25) is 0 Å². The summed E-state index contributed by atoms with van der Waals surface area (Å²) < 4.78 is 33.2. The van der Waals surface area contributed by atoms with Crippen LogP contribution in [0.1, 0.15) is 58.4 Å². The Bertz CT molecular complexity index is 1740. The highest BCUT2D eigenvalue weighted by Gasteiger charge is 2.28. The third-order valence-corrected chi connectivity index (χ3v) is 8.33. The van der Waals surface area contributed by atoms with Gasteiger partial charge in [-0.25, -0.2) is 13.2 Å². The maximum atomic E-state index is 13.1. The molecule has 4 rings (SSSR count). The van der Waals surface area contributed by atoms with Crippen molar-refractivity contribution in [3.8, 4) is 17.2 Å². The number of hydrogen-bond donors (Lipinski definition) is 5. The molecule has 5 N–H and O–H groups in total. The van der Waals surface area contributed by atoms with Crippen molar-refractivity contribution in [1.29, 1.82) is 0 Å². The van der Waals surface area contributed by atoms with E-state index >= 15 is 0 Å². The van der Waals surface area contributed by atoms with Crippen LogP contribution in [0.15, 0.2) is 89.8 Å². The monoisotopic (exact) mass is 604 g/mol. The molecule has 0 spiro atoms. The Hall–Kier alpha value is -4.87. The van der Waals surface area contributed by atoms with E-state index in [0.29, 0.717) is 5.56 Å². The minimum Gasteiger partial charge on any atom is -0.504 e. The standard InChI is InChI=1S/C32H32N2O8S/c1-19(2)25-12-8-7-11-21(25)17-22-18-26(29(36)30(37)28(22)35)31(38)33-23-13-15-24(16-14-23)43(40,41)34-27(32(39)42-3)20-9-5-4-6-10-20/h4-16,18-19,27,34-37H,17H2,1-3H3,(H,33,38). The van der Waals surface area contributed by atoms with Gasteiger partial charge < -0.3 is 25.4 Å². The Balaban J connectivity index is 1.55. The number of phenolic OH excluding ortho intramolecular Hbond substituents is 3. The number of nitrogens with one attached hydrogen (secondary N) is 2. The normalized spacial score (nSPS) is 12.1. The zero-order valence-corrected chi connectivity index (χ0v) is 24.6. The lowest BCUT2D eigenvalue weighted by atomic mass is 9.92. The summed E-state index contributed by atoms with van der Waals surface area (Å²) in [6.07, 6.45) is 0.198. The fourth-order valence-corrected chi connectivity index (χ4v) is 5.80. The number of carbonyl (C=O) groups excluding carboxylic acids is 2. The summed E-state index contributed by atoms with van der Waals surface area (Å²) in [4.78, 5) is 25.3. The molecule has 0 saturated heterocycles. The average molecular weight is 605 g/mol. The SMILES string of the molecule is COC(=O)C(NS(=O)(=O)c1ccc(NC(=O)c2cc(Cc3ccccc3C(C)C)c(O)c(O)c2O)cc1)c1ccccc1. The van der Waals surface area contributed by atoms with Crippen molar-refractivity contribution in [2.24, 2.45) is 0 Å². The van der Waals surface area contributed by atoms with Gasteiger partial charge in [0.1, 0.15) is 6.04 Å². The second-order valence-electron chi connectivity index (χ2n) is 10.1. The number of esters is 1. The topological polar surface area (TPSA) is 162 Å². The molecule has 4 aromatic rings. The lowest BCUT2D eigenvalue weighted by molar-refractivity contribution is -0.142. The number of aromatic hydroxyl groups is 3. The van der Waals surface area contributed by atoms with E-state index in [1.165, 1.54) is 30.3 Å². The van der Waals surface area contributed by atoms with E-state index in [0.717, 1.165) is 18.2 Å². The molecule has 43 heavy (non-hydrogen) atoms. The second kappa shape index (κ2) is 13.0. The molecular formula is C32H32N2O8S. The van der Waals surface area contributed by atoms with Crippen LogP contribution < -0.4 is 10.0 Å². The van der Waals surface area contributed by atoms with E-state index in [4.69, 9.17) is 4.74 Å². The van der Waals surface area contributed by atoms with Gasteiger partial charge in [-0.15, -0.1) is 0 Å². The molecule has 0 aliphatic heterocycles. The highest BCUT2D eigenvalue weighted by Crippen LogP contribution is 2.42. The number of amides is 1. The Morgan fingerprint density at radius 2 is 1.44 bits per heavy atom. The van der Waals surface area contributed by atoms with E-state index in [1.807, 2.05) is 38.1 Å². The molecule has 0 fully saturated rings. The summed E-state index contributed by atoms with van der Waals surface area (Å²) in [6.45, 7) is 4.05. The molecule has 0 saturated carbocycles. The number of sulfonamides is 1. The first-order valence-corrected chi connectivity index (χ1v) is 14.8. The van der Waals surface area contributed by atoms with Gasteiger partial charge in [-0.3, -0.25) is 4.79 Å². The van der Waals surface area contributed by atoms with Gasteiger partial charge >= 0.3 is 5.97 Å². The molecule has 0 radical (unpaired) electrons. The van der Waals surface area contributed by atoms with Crippen LogP contribution in [0.3, 0.4) is 0 Å². The third-order valence-electron chi connectivity index (χ3n) is 6.89. The number of hydrogen-bond acceptors (Lipinski definition) is 8. The summed E-state index contributed by atoms with van der Waals surface area (Å²) in [7, 11) is -3.03. The van der Waals surface area contributed by atoms with Crippen molar-refractivity contribution in [2.45, 2.75) is 37.1 Å². The van der Waals surface area contributed by atoms with Crippen molar-refractivity contribution in [3.63, 3.8) is 0 Å². The Labute approximate surface area is 249 Å². The van der Waals surface area contributed by atoms with Crippen molar-refractivity contribution in [3.05, 3.63) is 113 Å². The maximum absolute atomic E-state index is 13.1. The van der Waals surface area contributed by atoms with E-state index in [2.05, 4.69) is 10.0 Å². The van der Waals surface area contributed by atoms with Crippen LogP contribution >= 0.6 is 0 Å². The number of ether oxygens (including phenoxy) is 1. The molecule has 1 amide bonds. The maximum Gasteiger partial charge on any atom is 0.328 e. The van der Waals surface area contributed by atoms with Gasteiger partial charge in [0.2, 0.25) is 15.8 Å². The first kappa shape index (κ1) is 31.1. The molecule has 1 atom stereocenters. The molecule has 1 unspecified atom stereocenters. The van der Waals surface area contributed by atoms with E-state index in [-0.39, 0.29) is 34.0 Å². The van der Waals surface area contributed by atoms with Crippen LogP contribution in [-0.2, 0) is 26.0 Å². The van der Waals surface area contributed by atoms with E-state index in [1.54, 1.807) is 30.3 Å². The van der Waals surface area contributed by atoms with Crippen molar-refractivity contribution < 1.29 is 38.1 Å². The molecule has 0 heterocycles. The molecule has 0 aromatic heterocycles. The lowest BCUT2D eigenvalue weighted by Crippen LogP contribution is -2.34. The van der Waals surface area contributed by atoms with Crippen molar-refractivity contribution >= 4 is 27.6 Å². The van der Waals surface area contributed by atoms with Crippen LogP contribution in [0, 0.1) is 0 Å². The summed E-state index contributed by atoms with van der Waals surface area (Å²) in [5, 5.41) is 33.9. The summed E-state index contributed by atoms with van der Waals surface area (Å²) in [5.41, 5.74) is 2.46. The number of benzene rings is 4. The lowest BCUT2D eigenvalue weighted by Gasteiger charge is -2.17. The summed E-state index contributed by atoms with van der Waals surface area (Å²) in [6, 6.07) is 21.0. The summed E-state index contributed by atoms with van der Waals surface area (Å²) in [5.74, 6) is -3.55. The molecule has 10 nitrogen and oxygen atoms in total. The highest BCUT2D eigenvalue weighted by molar-refractivity contribution is 7.89. The first-order valence-electron chi connectivity index (χ1n) is 13.3. The molecule has 4 aromatic carbocycles. The number of methoxy groups -OCH3 is 1. The second-order valence-corrected chi connectivity index (χ2v) is 11.8. The Morgan fingerprint density at radius 1 is 0.814 bits per heavy atom. The zero-order valence-electron chi connectivity index (χ0n) is 23.7. The minimum atomic E-state index is -4.19. The van der Waals surface area contributed by atoms with Crippen LogP contribution in [0.5, 0.6) is 17.2 Å². The zero-order chi connectivity index (χ0) is 31.3. The van der Waals surface area contributed by atoms with Crippen LogP contribution in [-0.4, -0.2) is 42.7 Å². The molecule has 0 bridgehead atoms. The molecule has 0 aliphatic carbocycles. The van der Waals surface area contributed by atoms with Crippen LogP contribution in [0.4, 0.5) is 5.69 Å². The fourth-order valence-electron chi connectivity index (χ4n) is 4.63. The molecule has 224 valence electrons. The van der Waals surface area contributed by atoms with Gasteiger partial charge in [-0.1, -0.05) is 68.4 Å². The third kappa shape index (κ3) is 6.96. The first-order chi connectivity index (χ1) is 20.4. The Kier molecular flexibility index (Phi) is 9.37. The Morgan fingerprint density at radius 3 is 2.07 bits per heavy atom. The molecule has 0 aliphatic rings. The largest absolute Gasteiger partial charge is 0.504 e. The fraction of sp³-hybridized carbons (Fsp3) is 0.188. The van der Waals surface area contributed by atoms with Crippen molar-refractivity contribution in [2.75, 3.05) is 12.4 Å². The predicted octanol–water partition coefficient (Wildman–Crippen LogP) is 4.96. The van der Waals surface area contributed by atoms with Gasteiger partial charge in [0.15, 0.2) is 11.5 Å². The molecular weight excluding hydrogens is 572 g/mol. The van der Waals surface area contributed by atoms with Gasteiger partial charge in [-0.2, -0.15) is 4.72 Å². The summed E-state index contributed by atoms with van der Waals surface area (Å²) >= 11 is 0. The van der Waals surface area contributed by atoms with E-state index in [9.17, 15) is 33.3 Å². The quantitative estimate of drug-likeness (QED) is 0.125. The number of phenols is 3. The van der Waals surface area contributed by atoms with E-state index < -0.39 is 45.2 Å². The highest BCUT2D eigenvalue weighted by atomic mass is 32.2. The van der Waals surface area contributed by atoms with Crippen LogP contribution in [0.25, 0.3) is 0 Å². The molecule has 11 heteroatoms. The average Bonchev–Trinajstić information content (AvgIpc) is 3.00. The number of rotatable bonds is 10. The smallest absolute Gasteiger partial charge is 0.328 e. The predicted molar refractivity (Wildman–Crippen MR) is 161 cm³/mol. The minimum absolute atomic E-state index is 0.174. The van der Waals surface area contributed by atoms with Gasteiger partial charge in [0.25, 0.3) is 5.91 Å². The number of carbonyl (C=O) groups is 2. The van der Waals surface area contributed by atoms with Gasteiger partial charge in [0.05, 0.1) is 17.6 Å². The van der Waals surface area contributed by atoms with Crippen molar-refractivity contribution in [1.82, 2.24) is 4.72 Å². The number of anilines is 1. The van der Waals surface area contributed by atoms with Gasteiger partial charge in [0, 0.05) is 17.7 Å². The van der Waals surface area contributed by atoms with Gasteiger partial charge in [-0.05, 0) is 52.9 Å².